The Morgan fingerprint density at radius 1 is 1.75 bits per heavy atom. The lowest BCUT2D eigenvalue weighted by Crippen LogP contribution is -2.05. The molecular weight excluding hydrogens is 145 g/mol. The maximum absolute atomic E-state index is 7.06. The summed E-state index contributed by atoms with van der Waals surface area (Å²) in [5.74, 6) is 0. The molecule has 3 heteroatoms. The van der Waals surface area contributed by atoms with Crippen molar-refractivity contribution >= 4 is 29.7 Å². The zero-order chi connectivity index (χ0) is 5.86. The molecule has 0 fully saturated rings. The lowest BCUT2D eigenvalue weighted by atomic mass is 10.2. The smallest absolute Gasteiger partial charge is 0.0682 e. The molecule has 0 saturated heterocycles. The van der Waals surface area contributed by atoms with E-state index < -0.39 is 0 Å². The Kier molecular flexibility index (Phi) is 7.48. The monoisotopic (exact) mass is 155 g/mol. The van der Waals surface area contributed by atoms with Crippen LogP contribution < -0.4 is 0 Å². The second kappa shape index (κ2) is 5.39. The van der Waals surface area contributed by atoms with Gasteiger partial charge in [0.25, 0.3) is 0 Å². The van der Waals surface area contributed by atoms with Gasteiger partial charge in [0.1, 0.15) is 0 Å². The fourth-order valence-corrected chi connectivity index (χ4v) is 0.436. The molecule has 1 nitrogen and oxygen atoms in total. The largest absolute Gasteiger partial charge is 0.308 e. The molecule has 1 atom stereocenters. The van der Waals surface area contributed by atoms with Crippen LogP contribution in [0.1, 0.15) is 20.3 Å². The van der Waals surface area contributed by atoms with Crippen molar-refractivity contribution in [3.8, 4) is 0 Å². The molecule has 0 saturated carbocycles. The van der Waals surface area contributed by atoms with Crippen molar-refractivity contribution < 1.29 is 0 Å². The molecule has 1 N–H and O–H groups in total. The molecule has 0 spiro atoms. The van der Waals surface area contributed by atoms with Crippen LogP contribution >= 0.6 is 24.0 Å². The van der Waals surface area contributed by atoms with Crippen LogP contribution in [-0.2, 0) is 0 Å². The second-order valence-electron chi connectivity index (χ2n) is 1.49. The zero-order valence-electron chi connectivity index (χ0n) is 5.07. The van der Waals surface area contributed by atoms with Crippen LogP contribution in [-0.4, -0.2) is 11.1 Å². The summed E-state index contributed by atoms with van der Waals surface area (Å²) in [5.41, 5.74) is 0.613. The van der Waals surface area contributed by atoms with Gasteiger partial charge in [-0.2, -0.15) is 0 Å². The third-order valence-corrected chi connectivity index (χ3v) is 1.12. The van der Waals surface area contributed by atoms with E-state index in [1.54, 1.807) is 0 Å². The molecule has 50 valence electrons. The first-order valence-electron chi connectivity index (χ1n) is 2.39. The summed E-state index contributed by atoms with van der Waals surface area (Å²) in [6.07, 6.45) is 0.769. The summed E-state index contributed by atoms with van der Waals surface area (Å²) in [6.45, 7) is 3.74. The zero-order valence-corrected chi connectivity index (χ0v) is 6.64. The predicted octanol–water partition coefficient (Wildman–Crippen LogP) is 2.47. The van der Waals surface area contributed by atoms with E-state index in [-0.39, 0.29) is 17.8 Å². The molecule has 0 radical (unpaired) electrons. The molecule has 0 bridgehead atoms. The van der Waals surface area contributed by atoms with Crippen molar-refractivity contribution in [1.82, 2.24) is 0 Å². The van der Waals surface area contributed by atoms with E-state index in [0.717, 1.165) is 6.42 Å². The molecule has 0 aromatic heterocycles. The fourth-order valence-electron chi connectivity index (χ4n) is 0.281. The molecule has 0 aromatic rings. The Bertz CT molecular complexity index is 70.8. The van der Waals surface area contributed by atoms with Crippen LogP contribution in [0.15, 0.2) is 0 Å². The molecule has 0 aliphatic rings. The lowest BCUT2D eigenvalue weighted by Gasteiger charge is -1.98. The number of halogens is 2. The first kappa shape index (κ1) is 11.1. The highest BCUT2D eigenvalue weighted by molar-refractivity contribution is 6.31. The van der Waals surface area contributed by atoms with Crippen molar-refractivity contribution in [2.45, 2.75) is 25.6 Å². The maximum Gasteiger partial charge on any atom is 0.0682 e. The van der Waals surface area contributed by atoms with Crippen LogP contribution in [0, 0.1) is 5.41 Å². The van der Waals surface area contributed by atoms with E-state index in [4.69, 9.17) is 17.0 Å². The minimum atomic E-state index is -0.0787. The molecule has 0 amide bonds. The number of hydrogen-bond acceptors (Lipinski definition) is 1. The number of rotatable bonds is 2. The highest BCUT2D eigenvalue weighted by Gasteiger charge is 1.98. The Morgan fingerprint density at radius 3 is 2.12 bits per heavy atom. The lowest BCUT2D eigenvalue weighted by molar-refractivity contribution is 1.13. The molecule has 0 aliphatic carbocycles. The molecule has 0 aliphatic heterocycles. The predicted molar refractivity (Wildman–Crippen MR) is 40.6 cm³/mol. The Hall–Kier alpha value is 0.250. The molecule has 1 unspecified atom stereocenters. The van der Waals surface area contributed by atoms with Crippen molar-refractivity contribution in [1.29, 1.82) is 5.41 Å². The average molecular weight is 156 g/mol. The van der Waals surface area contributed by atoms with E-state index >= 15 is 0 Å². The van der Waals surface area contributed by atoms with Gasteiger partial charge in [0.05, 0.1) is 5.38 Å². The van der Waals surface area contributed by atoms with Gasteiger partial charge in [-0.15, -0.1) is 24.0 Å². The SMILES string of the molecule is CCC(=N)C(C)Cl.Cl. The first-order chi connectivity index (χ1) is 3.18. The summed E-state index contributed by atoms with van der Waals surface area (Å²) in [7, 11) is 0. The summed E-state index contributed by atoms with van der Waals surface area (Å²) >= 11 is 5.50. The van der Waals surface area contributed by atoms with Gasteiger partial charge in [-0.1, -0.05) is 6.92 Å². The fraction of sp³-hybridized carbons (Fsp3) is 0.800. The average Bonchev–Trinajstić information content (AvgIpc) is 1.65. The summed E-state index contributed by atoms with van der Waals surface area (Å²) in [4.78, 5) is 0. The van der Waals surface area contributed by atoms with Crippen molar-refractivity contribution in [2.75, 3.05) is 0 Å². The standard InChI is InChI=1S/C5H10ClN.ClH/c1-3-5(7)4(2)6;/h4,7H,3H2,1-2H3;1H. The molecule has 8 heavy (non-hydrogen) atoms. The highest BCUT2D eigenvalue weighted by Crippen LogP contribution is 1.97. The third kappa shape index (κ3) is 4.41. The van der Waals surface area contributed by atoms with Crippen molar-refractivity contribution in [3.63, 3.8) is 0 Å². The van der Waals surface area contributed by atoms with E-state index in [1.165, 1.54) is 0 Å². The quantitative estimate of drug-likeness (QED) is 0.469. The van der Waals surface area contributed by atoms with Crippen LogP contribution in [0.25, 0.3) is 0 Å². The number of nitrogens with one attached hydrogen (secondary N) is 1. The minimum absolute atomic E-state index is 0. The van der Waals surface area contributed by atoms with E-state index in [1.807, 2.05) is 13.8 Å². The Labute approximate surface area is 61.3 Å². The second-order valence-corrected chi connectivity index (χ2v) is 2.15. The van der Waals surface area contributed by atoms with Gasteiger partial charge in [0.15, 0.2) is 0 Å². The molecule has 0 heterocycles. The van der Waals surface area contributed by atoms with Gasteiger partial charge in [-0.05, 0) is 13.3 Å². The van der Waals surface area contributed by atoms with Crippen LogP contribution in [0.5, 0.6) is 0 Å². The van der Waals surface area contributed by atoms with Gasteiger partial charge in [0, 0.05) is 5.71 Å². The molecule has 0 aromatic carbocycles. The molecule has 0 rings (SSSR count). The summed E-state index contributed by atoms with van der Waals surface area (Å²) in [5, 5.41) is 6.98. The Morgan fingerprint density at radius 2 is 2.12 bits per heavy atom. The van der Waals surface area contributed by atoms with Gasteiger partial charge in [-0.3, -0.25) is 0 Å². The third-order valence-electron chi connectivity index (χ3n) is 0.861. The van der Waals surface area contributed by atoms with E-state index in [2.05, 4.69) is 0 Å². The normalized spacial score (nSPS) is 11.9. The summed E-state index contributed by atoms with van der Waals surface area (Å²) in [6, 6.07) is 0. The maximum atomic E-state index is 7.06. The van der Waals surface area contributed by atoms with Gasteiger partial charge in [0.2, 0.25) is 0 Å². The molecular formula is C5H11Cl2N. The van der Waals surface area contributed by atoms with Gasteiger partial charge >= 0.3 is 0 Å². The van der Waals surface area contributed by atoms with Crippen molar-refractivity contribution in [3.05, 3.63) is 0 Å². The number of alkyl halides is 1. The van der Waals surface area contributed by atoms with Gasteiger partial charge in [-0.25, -0.2) is 0 Å². The van der Waals surface area contributed by atoms with E-state index in [9.17, 15) is 0 Å². The van der Waals surface area contributed by atoms with Crippen LogP contribution in [0.2, 0.25) is 0 Å². The van der Waals surface area contributed by atoms with Crippen LogP contribution in [0.3, 0.4) is 0 Å². The van der Waals surface area contributed by atoms with Gasteiger partial charge < -0.3 is 5.41 Å². The van der Waals surface area contributed by atoms with E-state index in [0.29, 0.717) is 5.71 Å². The Balaban J connectivity index is 0. The first-order valence-corrected chi connectivity index (χ1v) is 2.83. The minimum Gasteiger partial charge on any atom is -0.308 e. The van der Waals surface area contributed by atoms with Crippen LogP contribution in [0.4, 0.5) is 0 Å². The number of hydrogen-bond donors (Lipinski definition) is 1. The van der Waals surface area contributed by atoms with Crippen molar-refractivity contribution in [2.24, 2.45) is 0 Å². The highest BCUT2D eigenvalue weighted by atomic mass is 35.5. The summed E-state index contributed by atoms with van der Waals surface area (Å²) < 4.78 is 0. The topological polar surface area (TPSA) is 23.9 Å².